The van der Waals surface area contributed by atoms with Gasteiger partial charge in [0, 0.05) is 21.5 Å². The number of aryl methyl sites for hydroxylation is 2. The molecule has 0 unspecified atom stereocenters. The van der Waals surface area contributed by atoms with Crippen LogP contribution in [0.2, 0.25) is 0 Å². The average molecular weight is 524 g/mol. The maximum Gasteiger partial charge on any atom is 0.297 e. The molecule has 0 N–H and O–H groups in total. The second-order valence-corrected chi connectivity index (χ2v) is 10.3. The summed E-state index contributed by atoms with van der Waals surface area (Å²) < 4.78 is 32.7. The molecule has 5 aromatic carbocycles. The highest BCUT2D eigenvalue weighted by Gasteiger charge is 2.27. The van der Waals surface area contributed by atoms with Crippen LogP contribution in [0.3, 0.4) is 0 Å². The van der Waals surface area contributed by atoms with Crippen LogP contribution in [0.4, 0.5) is 4.39 Å². The number of imidazole rings is 1. The van der Waals surface area contributed by atoms with Gasteiger partial charge in [0.25, 0.3) is 5.82 Å². The van der Waals surface area contributed by atoms with E-state index >= 15 is 4.39 Å². The first-order valence-corrected chi connectivity index (χ1v) is 13.3. The van der Waals surface area contributed by atoms with Gasteiger partial charge < -0.3 is 8.83 Å². The summed E-state index contributed by atoms with van der Waals surface area (Å²) in [5, 5.41) is 3.87. The van der Waals surface area contributed by atoms with E-state index in [2.05, 4.69) is 46.5 Å². The van der Waals surface area contributed by atoms with E-state index in [0.29, 0.717) is 16.7 Å². The lowest BCUT2D eigenvalue weighted by atomic mass is 9.99. The van der Waals surface area contributed by atoms with E-state index in [9.17, 15) is 0 Å². The third kappa shape index (κ3) is 3.21. The van der Waals surface area contributed by atoms with E-state index in [1.165, 1.54) is 6.07 Å². The van der Waals surface area contributed by atoms with Gasteiger partial charge in [-0.2, -0.15) is 4.57 Å². The van der Waals surface area contributed by atoms with Crippen LogP contribution in [0.15, 0.2) is 118 Å². The van der Waals surface area contributed by atoms with Gasteiger partial charge in [0.05, 0.1) is 12.6 Å². The van der Waals surface area contributed by atoms with Crippen molar-refractivity contribution >= 4 is 43.9 Å². The summed E-state index contributed by atoms with van der Waals surface area (Å²) in [4.78, 5) is 0. The predicted octanol–water partition coefficient (Wildman–Crippen LogP) is 8.88. The Kier molecular flexibility index (Phi) is 4.80. The molecule has 3 heterocycles. The zero-order valence-corrected chi connectivity index (χ0v) is 22.0. The lowest BCUT2D eigenvalue weighted by Gasteiger charge is -2.07. The fourth-order valence-corrected chi connectivity index (χ4v) is 5.98. The number of hydrogen-bond donors (Lipinski definition) is 0. The number of aromatic nitrogens is 2. The molecule has 0 spiro atoms. The van der Waals surface area contributed by atoms with E-state index < -0.39 is 0 Å². The lowest BCUT2D eigenvalue weighted by molar-refractivity contribution is -0.659. The first-order valence-electron chi connectivity index (χ1n) is 13.3. The van der Waals surface area contributed by atoms with Crippen molar-refractivity contribution in [3.05, 3.63) is 121 Å². The molecule has 4 nitrogen and oxygen atoms in total. The molecule has 0 saturated carbocycles. The largest absolute Gasteiger partial charge is 0.456 e. The molecule has 0 atom stereocenters. The molecular weight excluding hydrogens is 499 g/mol. The highest BCUT2D eigenvalue weighted by Crippen LogP contribution is 2.43. The van der Waals surface area contributed by atoms with Gasteiger partial charge in [0.1, 0.15) is 46.2 Å². The number of fused-ring (bicyclic) bond motifs is 6. The molecule has 40 heavy (non-hydrogen) atoms. The molecule has 0 radical (unpaired) electrons. The molecule has 0 aliphatic carbocycles. The first-order chi connectivity index (χ1) is 19.6. The highest BCUT2D eigenvalue weighted by atomic mass is 19.1. The van der Waals surface area contributed by atoms with Gasteiger partial charge in [-0.15, -0.1) is 0 Å². The van der Waals surface area contributed by atoms with Crippen LogP contribution in [-0.4, -0.2) is 4.57 Å². The first kappa shape index (κ1) is 22.8. The molecule has 5 heteroatoms. The number of para-hydroxylation sites is 2. The number of benzene rings is 5. The maximum absolute atomic E-state index is 15.6. The van der Waals surface area contributed by atoms with Crippen molar-refractivity contribution in [1.29, 1.82) is 0 Å². The summed E-state index contributed by atoms with van der Waals surface area (Å²) in [5.74, 6) is 0.651. The van der Waals surface area contributed by atoms with Crippen LogP contribution >= 0.6 is 0 Å². The summed E-state index contributed by atoms with van der Waals surface area (Å²) in [5.41, 5.74) is 7.04. The van der Waals surface area contributed by atoms with Crippen LogP contribution < -0.4 is 4.57 Å². The minimum atomic E-state index is -0.335. The molecule has 192 valence electrons. The molecular formula is C35H24FN2O2+. The summed E-state index contributed by atoms with van der Waals surface area (Å²) in [6.07, 6.45) is 4.09. The Balaban J connectivity index is 1.41. The van der Waals surface area contributed by atoms with Crippen LogP contribution in [0.5, 0.6) is 0 Å². The standard InChI is InChI=1S/C35H24FN2O2/c1-21-12-14-26-27-16-17-28(36)32(22-13-15-25-24-10-6-7-11-29(24)39-30(25)20-22)34(27)40-33(26)31(21)35-37(2)18-19-38(35)23-8-4-3-5-9-23/h3-20H,1-2H3/q+1. The summed E-state index contributed by atoms with van der Waals surface area (Å²) in [6.45, 7) is 2.08. The van der Waals surface area contributed by atoms with Crippen molar-refractivity contribution in [2.45, 2.75) is 6.92 Å². The van der Waals surface area contributed by atoms with Gasteiger partial charge in [0.2, 0.25) is 0 Å². The van der Waals surface area contributed by atoms with Crippen LogP contribution in [0, 0.1) is 12.7 Å². The quantitative estimate of drug-likeness (QED) is 0.217. The van der Waals surface area contributed by atoms with Crippen LogP contribution in [0.1, 0.15) is 5.56 Å². The molecule has 8 aromatic rings. The number of halogens is 1. The van der Waals surface area contributed by atoms with Crippen molar-refractivity contribution in [2.24, 2.45) is 7.05 Å². The fourth-order valence-electron chi connectivity index (χ4n) is 5.98. The minimum absolute atomic E-state index is 0.335. The Morgan fingerprint density at radius 1 is 0.675 bits per heavy atom. The van der Waals surface area contributed by atoms with Crippen LogP contribution in [0.25, 0.3) is 72.1 Å². The van der Waals surface area contributed by atoms with Gasteiger partial charge in [0.15, 0.2) is 5.58 Å². The molecule has 0 aliphatic rings. The number of hydrogen-bond acceptors (Lipinski definition) is 2. The fraction of sp³-hybridized carbons (Fsp3) is 0.0571. The molecule has 0 fully saturated rings. The van der Waals surface area contributed by atoms with E-state index in [1.807, 2.05) is 80.0 Å². The second-order valence-electron chi connectivity index (χ2n) is 10.3. The van der Waals surface area contributed by atoms with Crippen molar-refractivity contribution in [3.63, 3.8) is 0 Å². The Bertz CT molecular complexity index is 2250. The van der Waals surface area contributed by atoms with Crippen molar-refractivity contribution in [3.8, 4) is 28.2 Å². The predicted molar refractivity (Wildman–Crippen MR) is 157 cm³/mol. The molecule has 0 bridgehead atoms. The monoisotopic (exact) mass is 523 g/mol. The third-order valence-electron chi connectivity index (χ3n) is 7.89. The Hall–Kier alpha value is -5.16. The van der Waals surface area contributed by atoms with E-state index in [1.54, 1.807) is 0 Å². The number of furan rings is 2. The zero-order chi connectivity index (χ0) is 27.0. The van der Waals surface area contributed by atoms with Crippen molar-refractivity contribution < 1.29 is 17.8 Å². The van der Waals surface area contributed by atoms with Crippen LogP contribution in [-0.2, 0) is 7.05 Å². The summed E-state index contributed by atoms with van der Waals surface area (Å²) >= 11 is 0. The maximum atomic E-state index is 15.6. The molecule has 0 aliphatic heterocycles. The number of rotatable bonds is 3. The molecule has 0 amide bonds. The Morgan fingerprint density at radius 3 is 2.23 bits per heavy atom. The topological polar surface area (TPSA) is 35.1 Å². The molecule has 8 rings (SSSR count). The third-order valence-corrected chi connectivity index (χ3v) is 7.89. The van der Waals surface area contributed by atoms with Gasteiger partial charge in [-0.3, -0.25) is 0 Å². The van der Waals surface area contributed by atoms with Gasteiger partial charge >= 0.3 is 0 Å². The Morgan fingerprint density at radius 2 is 1.38 bits per heavy atom. The summed E-state index contributed by atoms with van der Waals surface area (Å²) in [6, 6.07) is 31.5. The van der Waals surface area contributed by atoms with Crippen molar-refractivity contribution in [1.82, 2.24) is 4.57 Å². The SMILES string of the molecule is Cc1ccc2c(oc3c(-c4ccc5c(c4)oc4ccccc45)c(F)ccc32)c1-c1n(-c2ccccc2)cc[n+]1C. The van der Waals surface area contributed by atoms with Gasteiger partial charge in [-0.25, -0.2) is 8.96 Å². The zero-order valence-electron chi connectivity index (χ0n) is 22.0. The van der Waals surface area contributed by atoms with E-state index in [4.69, 9.17) is 8.83 Å². The van der Waals surface area contributed by atoms with Gasteiger partial charge in [-0.1, -0.05) is 54.6 Å². The summed E-state index contributed by atoms with van der Waals surface area (Å²) in [7, 11) is 2.03. The average Bonchev–Trinajstić information content (AvgIpc) is 3.66. The second kappa shape index (κ2) is 8.42. The lowest BCUT2D eigenvalue weighted by Crippen LogP contribution is -2.29. The van der Waals surface area contributed by atoms with E-state index in [-0.39, 0.29) is 5.82 Å². The molecule has 3 aromatic heterocycles. The smallest absolute Gasteiger partial charge is 0.297 e. The highest BCUT2D eigenvalue weighted by molar-refractivity contribution is 6.14. The number of nitrogens with zero attached hydrogens (tertiary/aromatic N) is 2. The van der Waals surface area contributed by atoms with Gasteiger partial charge in [-0.05, 0) is 60.5 Å². The molecule has 0 saturated heterocycles. The van der Waals surface area contributed by atoms with Crippen molar-refractivity contribution in [2.75, 3.05) is 0 Å². The minimum Gasteiger partial charge on any atom is -0.456 e. The normalized spacial score (nSPS) is 11.9. The Labute approximate surface area is 229 Å². The van der Waals surface area contributed by atoms with E-state index in [0.717, 1.165) is 60.9 Å².